The number of aromatic nitrogens is 2. The molecule has 1 amide bonds. The van der Waals surface area contributed by atoms with Crippen LogP contribution in [0.4, 0.5) is 18.9 Å². The SMILES string of the molecule is CC#CC(=O)Nc1ccc2c(c1)C(=O)c1nc(C(F)(F)F)ncc1-2. The second kappa shape index (κ2) is 5.45. The Morgan fingerprint density at radius 3 is 2.62 bits per heavy atom. The first-order valence-corrected chi connectivity index (χ1v) is 6.68. The zero-order chi connectivity index (χ0) is 17.5. The number of halogens is 3. The fraction of sp³-hybridized carbons (Fsp3) is 0.125. The Labute approximate surface area is 133 Å². The molecule has 0 saturated carbocycles. The van der Waals surface area contributed by atoms with Crippen molar-refractivity contribution in [1.82, 2.24) is 9.97 Å². The Morgan fingerprint density at radius 2 is 1.96 bits per heavy atom. The second-order valence-electron chi connectivity index (χ2n) is 4.87. The summed E-state index contributed by atoms with van der Waals surface area (Å²) in [5, 5.41) is 2.47. The summed E-state index contributed by atoms with van der Waals surface area (Å²) in [7, 11) is 0. The van der Waals surface area contributed by atoms with E-state index in [1.165, 1.54) is 25.1 Å². The maximum atomic E-state index is 12.7. The second-order valence-corrected chi connectivity index (χ2v) is 4.87. The van der Waals surface area contributed by atoms with Gasteiger partial charge in [0, 0.05) is 23.0 Å². The topological polar surface area (TPSA) is 72.0 Å². The number of amides is 1. The molecule has 0 fully saturated rings. The van der Waals surface area contributed by atoms with Gasteiger partial charge in [0.25, 0.3) is 5.91 Å². The van der Waals surface area contributed by atoms with Crippen LogP contribution >= 0.6 is 0 Å². The minimum absolute atomic E-state index is 0.154. The molecule has 8 heteroatoms. The van der Waals surface area contributed by atoms with Gasteiger partial charge in [-0.3, -0.25) is 9.59 Å². The van der Waals surface area contributed by atoms with Crippen molar-refractivity contribution in [2.24, 2.45) is 0 Å². The molecule has 24 heavy (non-hydrogen) atoms. The van der Waals surface area contributed by atoms with Crippen LogP contribution in [-0.2, 0) is 11.0 Å². The summed E-state index contributed by atoms with van der Waals surface area (Å²) in [4.78, 5) is 30.4. The van der Waals surface area contributed by atoms with Gasteiger partial charge in [0.15, 0.2) is 0 Å². The Balaban J connectivity index is 2.01. The van der Waals surface area contributed by atoms with Crippen LogP contribution in [0.5, 0.6) is 0 Å². The monoisotopic (exact) mass is 331 g/mol. The van der Waals surface area contributed by atoms with Gasteiger partial charge in [-0.15, -0.1) is 0 Å². The van der Waals surface area contributed by atoms with Crippen molar-refractivity contribution in [3.8, 4) is 23.0 Å². The number of hydrogen-bond donors (Lipinski definition) is 1. The van der Waals surface area contributed by atoms with Crippen molar-refractivity contribution in [1.29, 1.82) is 0 Å². The smallest absolute Gasteiger partial charge is 0.315 e. The molecule has 0 spiro atoms. The van der Waals surface area contributed by atoms with Crippen LogP contribution in [0.25, 0.3) is 11.1 Å². The number of rotatable bonds is 1. The van der Waals surface area contributed by atoms with Crippen molar-refractivity contribution in [3.63, 3.8) is 0 Å². The van der Waals surface area contributed by atoms with E-state index in [0.717, 1.165) is 6.20 Å². The molecule has 1 aromatic heterocycles. The van der Waals surface area contributed by atoms with E-state index in [0.29, 0.717) is 11.3 Å². The van der Waals surface area contributed by atoms with Gasteiger partial charge in [-0.25, -0.2) is 9.97 Å². The van der Waals surface area contributed by atoms with E-state index in [9.17, 15) is 22.8 Å². The van der Waals surface area contributed by atoms with E-state index < -0.39 is 23.7 Å². The molecule has 3 rings (SSSR count). The van der Waals surface area contributed by atoms with Gasteiger partial charge >= 0.3 is 6.18 Å². The first kappa shape index (κ1) is 15.7. The number of nitrogens with zero attached hydrogens (tertiary/aromatic N) is 2. The molecule has 0 aliphatic heterocycles. The molecule has 5 nitrogen and oxygen atoms in total. The van der Waals surface area contributed by atoms with E-state index in [1.807, 2.05) is 0 Å². The Bertz CT molecular complexity index is 940. The van der Waals surface area contributed by atoms with Crippen molar-refractivity contribution in [2.75, 3.05) is 5.32 Å². The molecule has 120 valence electrons. The molecule has 0 atom stereocenters. The van der Waals surface area contributed by atoms with Gasteiger partial charge in [-0.05, 0) is 30.5 Å². The first-order valence-electron chi connectivity index (χ1n) is 6.68. The highest BCUT2D eigenvalue weighted by Crippen LogP contribution is 2.38. The molecule has 0 saturated heterocycles. The lowest BCUT2D eigenvalue weighted by Crippen LogP contribution is -2.13. The molecular weight excluding hydrogens is 323 g/mol. The summed E-state index contributed by atoms with van der Waals surface area (Å²) >= 11 is 0. The number of carbonyl (C=O) groups is 2. The molecule has 1 aliphatic rings. The molecule has 0 radical (unpaired) electrons. The minimum atomic E-state index is -4.73. The van der Waals surface area contributed by atoms with E-state index >= 15 is 0 Å². The van der Waals surface area contributed by atoms with E-state index in [-0.39, 0.29) is 16.8 Å². The van der Waals surface area contributed by atoms with Crippen LogP contribution in [0.2, 0.25) is 0 Å². The van der Waals surface area contributed by atoms with Crippen molar-refractivity contribution < 1.29 is 22.8 Å². The van der Waals surface area contributed by atoms with Gasteiger partial charge in [-0.1, -0.05) is 12.0 Å². The van der Waals surface area contributed by atoms with Crippen molar-refractivity contribution in [3.05, 3.63) is 41.5 Å². The lowest BCUT2D eigenvalue weighted by atomic mass is 10.1. The van der Waals surface area contributed by atoms with Crippen LogP contribution in [0.1, 0.15) is 28.8 Å². The molecule has 0 bridgehead atoms. The largest absolute Gasteiger partial charge is 0.451 e. The predicted octanol–water partition coefficient (Wildman–Crippen LogP) is 2.67. The molecule has 1 aliphatic carbocycles. The zero-order valence-corrected chi connectivity index (χ0v) is 12.2. The van der Waals surface area contributed by atoms with Crippen LogP contribution in [0, 0.1) is 11.8 Å². The van der Waals surface area contributed by atoms with Crippen LogP contribution in [0.3, 0.4) is 0 Å². The summed E-state index contributed by atoms with van der Waals surface area (Å²) in [5.74, 6) is 2.14. The van der Waals surface area contributed by atoms with Crippen LogP contribution < -0.4 is 5.32 Å². The Morgan fingerprint density at radius 1 is 1.21 bits per heavy atom. The third-order valence-electron chi connectivity index (χ3n) is 3.31. The molecule has 1 N–H and O–H groups in total. The lowest BCUT2D eigenvalue weighted by molar-refractivity contribution is -0.145. The summed E-state index contributed by atoms with van der Waals surface area (Å²) in [6, 6.07) is 4.42. The van der Waals surface area contributed by atoms with E-state index in [1.54, 1.807) is 0 Å². The Kier molecular flexibility index (Phi) is 3.56. The minimum Gasteiger partial charge on any atom is -0.315 e. The summed E-state index contributed by atoms with van der Waals surface area (Å²) in [6.45, 7) is 1.50. The third-order valence-corrected chi connectivity index (χ3v) is 3.31. The quantitative estimate of drug-likeness (QED) is 0.696. The van der Waals surface area contributed by atoms with E-state index in [2.05, 4.69) is 27.1 Å². The highest BCUT2D eigenvalue weighted by atomic mass is 19.4. The van der Waals surface area contributed by atoms with Gasteiger partial charge in [0.2, 0.25) is 11.6 Å². The van der Waals surface area contributed by atoms with Gasteiger partial charge in [0.05, 0.1) is 0 Å². The molecule has 1 aromatic carbocycles. The number of hydrogen-bond acceptors (Lipinski definition) is 4. The highest BCUT2D eigenvalue weighted by molar-refractivity contribution is 6.21. The van der Waals surface area contributed by atoms with Crippen molar-refractivity contribution >= 4 is 17.4 Å². The third kappa shape index (κ3) is 2.60. The van der Waals surface area contributed by atoms with Crippen molar-refractivity contribution in [2.45, 2.75) is 13.1 Å². The maximum absolute atomic E-state index is 12.7. The fourth-order valence-electron chi connectivity index (χ4n) is 2.34. The number of ketones is 1. The number of nitrogens with one attached hydrogen (secondary N) is 1. The number of carbonyl (C=O) groups excluding carboxylic acids is 2. The van der Waals surface area contributed by atoms with E-state index in [4.69, 9.17) is 0 Å². The summed E-state index contributed by atoms with van der Waals surface area (Å²) < 4.78 is 38.1. The van der Waals surface area contributed by atoms with Crippen LogP contribution in [0.15, 0.2) is 24.4 Å². The molecule has 0 unspecified atom stereocenters. The van der Waals surface area contributed by atoms with Gasteiger partial charge < -0.3 is 5.32 Å². The normalized spacial score (nSPS) is 12.1. The molecule has 2 aromatic rings. The number of anilines is 1. The van der Waals surface area contributed by atoms with Gasteiger partial charge in [-0.2, -0.15) is 13.2 Å². The average molecular weight is 331 g/mol. The predicted molar refractivity (Wildman–Crippen MR) is 78.0 cm³/mol. The Hall–Kier alpha value is -3.21. The van der Waals surface area contributed by atoms with Gasteiger partial charge in [0.1, 0.15) is 5.69 Å². The average Bonchev–Trinajstić information content (AvgIpc) is 2.79. The fourth-order valence-corrected chi connectivity index (χ4v) is 2.34. The maximum Gasteiger partial charge on any atom is 0.451 e. The first-order chi connectivity index (χ1) is 11.3. The molecular formula is C16H8F3N3O2. The standard InChI is InChI=1S/C16H8F3N3O2/c1-2-3-12(23)21-8-4-5-9-10(6-8)14(24)13-11(9)7-20-15(22-13)16(17,18)19/h4-7H,1H3,(H,21,23). The number of alkyl halides is 3. The lowest BCUT2D eigenvalue weighted by Gasteiger charge is -2.05. The molecule has 1 heterocycles. The summed E-state index contributed by atoms with van der Waals surface area (Å²) in [6.07, 6.45) is -3.75. The zero-order valence-electron chi connectivity index (χ0n) is 12.2. The number of fused-ring (bicyclic) bond motifs is 3. The van der Waals surface area contributed by atoms with Crippen LogP contribution in [-0.4, -0.2) is 21.7 Å². The highest BCUT2D eigenvalue weighted by Gasteiger charge is 2.38. The summed E-state index contributed by atoms with van der Waals surface area (Å²) in [5.41, 5.74) is 0.814. The number of benzene rings is 1.